The van der Waals surface area contributed by atoms with Gasteiger partial charge in [-0.1, -0.05) is 44.4 Å². The Balaban J connectivity index is 4.73. The molecule has 0 aliphatic carbocycles. The number of thiol groups is 1. The van der Waals surface area contributed by atoms with Gasteiger partial charge < -0.3 is 5.73 Å². The summed E-state index contributed by atoms with van der Waals surface area (Å²) in [4.78, 5) is 0. The van der Waals surface area contributed by atoms with Crippen LogP contribution in [0.2, 0.25) is 0 Å². The molecule has 0 aliphatic rings. The van der Waals surface area contributed by atoms with E-state index >= 15 is 0 Å². The number of rotatable bonds is 7. The van der Waals surface area contributed by atoms with Crippen LogP contribution in [0.1, 0.15) is 20.3 Å². The first kappa shape index (κ1) is 17.6. The predicted octanol–water partition coefficient (Wildman–Crippen LogP) is 3.13. The van der Waals surface area contributed by atoms with Crippen LogP contribution in [0.4, 0.5) is 0 Å². The number of allylic oxidation sites excluding steroid dienone is 5. The molecule has 0 aliphatic heterocycles. The van der Waals surface area contributed by atoms with E-state index < -0.39 is 9.93 Å². The lowest BCUT2D eigenvalue weighted by molar-refractivity contribution is 0.675. The fourth-order valence-corrected chi connectivity index (χ4v) is 1.66. The largest absolute Gasteiger partial charge is 0.398 e. The van der Waals surface area contributed by atoms with E-state index in [1.165, 1.54) is 0 Å². The maximum atomic E-state index is 11.9. The van der Waals surface area contributed by atoms with E-state index in [1.807, 2.05) is 37.3 Å². The Morgan fingerprint density at radius 2 is 1.95 bits per heavy atom. The summed E-state index contributed by atoms with van der Waals surface area (Å²) >= 11 is 0. The van der Waals surface area contributed by atoms with Crippen molar-refractivity contribution < 1.29 is 4.21 Å². The molecule has 2 N–H and O–H groups in total. The maximum absolute atomic E-state index is 11.9. The summed E-state index contributed by atoms with van der Waals surface area (Å²) in [7, 11) is -2.10. The zero-order valence-electron chi connectivity index (χ0n) is 12.5. The van der Waals surface area contributed by atoms with Crippen molar-refractivity contribution in [2.75, 3.05) is 12.5 Å². The monoisotopic (exact) mass is 281 g/mol. The molecule has 0 radical (unpaired) electrons. The summed E-state index contributed by atoms with van der Waals surface area (Å²) in [5, 5.41) is 0.0299. The fourth-order valence-electron chi connectivity index (χ4n) is 1.16. The Hall–Kier alpha value is -1.35. The van der Waals surface area contributed by atoms with Gasteiger partial charge in [0.15, 0.2) is 0 Å². The van der Waals surface area contributed by atoms with Crippen LogP contribution in [0, 0.1) is 0 Å². The molecule has 0 aromatic carbocycles. The van der Waals surface area contributed by atoms with Crippen LogP contribution in [0.15, 0.2) is 60.4 Å². The minimum absolute atomic E-state index is 0.0299. The maximum Gasteiger partial charge on any atom is 0.0387 e. The number of hydrogen-bond donors (Lipinski definition) is 2. The summed E-state index contributed by atoms with van der Waals surface area (Å²) in [6.45, 7) is 11.9. The summed E-state index contributed by atoms with van der Waals surface area (Å²) in [5.74, 6) is 0. The molecule has 0 saturated heterocycles. The highest BCUT2D eigenvalue weighted by molar-refractivity contribution is 8.02. The van der Waals surface area contributed by atoms with E-state index in [2.05, 4.69) is 20.1 Å². The van der Waals surface area contributed by atoms with Gasteiger partial charge in [-0.05, 0) is 43.1 Å². The van der Waals surface area contributed by atoms with E-state index in [-0.39, 0.29) is 5.25 Å². The summed E-state index contributed by atoms with van der Waals surface area (Å²) in [6.07, 6.45) is 14.0. The van der Waals surface area contributed by atoms with E-state index in [0.717, 1.165) is 12.0 Å². The second-order valence-electron chi connectivity index (χ2n) is 5.00. The van der Waals surface area contributed by atoms with Crippen molar-refractivity contribution in [1.82, 2.24) is 0 Å². The molecular formula is C16H27NOS. The lowest BCUT2D eigenvalue weighted by Crippen LogP contribution is -2.20. The van der Waals surface area contributed by atoms with Gasteiger partial charge >= 0.3 is 0 Å². The minimum Gasteiger partial charge on any atom is -0.398 e. The highest BCUT2D eigenvalue weighted by atomic mass is 32.2. The molecule has 2 nitrogen and oxygen atoms in total. The Labute approximate surface area is 118 Å². The van der Waals surface area contributed by atoms with Crippen molar-refractivity contribution in [3.05, 3.63) is 60.4 Å². The van der Waals surface area contributed by atoms with Gasteiger partial charge in [0.25, 0.3) is 0 Å². The number of hydrogen-bond acceptors (Lipinski definition) is 2. The molecule has 0 rings (SSSR count). The van der Waals surface area contributed by atoms with Crippen LogP contribution >= 0.6 is 0 Å². The number of nitrogens with two attached hydrogens (primary N) is 1. The Morgan fingerprint density at radius 3 is 2.42 bits per heavy atom. The van der Waals surface area contributed by atoms with Gasteiger partial charge in [0.05, 0.1) is 0 Å². The SMILES string of the molecule is C=C(/C=C\C(C)[SH](C)(C)=O)C(=C)/C(N)=C\C=C\CC. The minimum atomic E-state index is -2.10. The molecular weight excluding hydrogens is 254 g/mol. The first-order valence-electron chi connectivity index (χ1n) is 6.43. The highest BCUT2D eigenvalue weighted by Crippen LogP contribution is 2.15. The molecule has 19 heavy (non-hydrogen) atoms. The van der Waals surface area contributed by atoms with E-state index in [9.17, 15) is 4.21 Å². The molecule has 0 fully saturated rings. The van der Waals surface area contributed by atoms with Crippen LogP contribution in [0.25, 0.3) is 0 Å². The van der Waals surface area contributed by atoms with Gasteiger partial charge in [-0.2, -0.15) is 0 Å². The second-order valence-corrected chi connectivity index (χ2v) is 8.68. The average molecular weight is 281 g/mol. The molecule has 3 heteroatoms. The normalized spacial score (nSPS) is 15.9. The first-order valence-corrected chi connectivity index (χ1v) is 9.10. The van der Waals surface area contributed by atoms with Crippen LogP contribution in [-0.4, -0.2) is 22.0 Å². The van der Waals surface area contributed by atoms with Crippen LogP contribution < -0.4 is 5.73 Å². The van der Waals surface area contributed by atoms with Crippen molar-refractivity contribution in [2.24, 2.45) is 5.73 Å². The lowest BCUT2D eigenvalue weighted by Gasteiger charge is -2.17. The lowest BCUT2D eigenvalue weighted by atomic mass is 10.1. The Bertz CT molecular complexity index is 463. The van der Waals surface area contributed by atoms with E-state index in [0.29, 0.717) is 11.3 Å². The molecule has 0 amide bonds. The van der Waals surface area contributed by atoms with Gasteiger partial charge in [0, 0.05) is 10.9 Å². The van der Waals surface area contributed by atoms with Crippen LogP contribution in [0.5, 0.6) is 0 Å². The Kier molecular flexibility index (Phi) is 7.38. The predicted molar refractivity (Wildman–Crippen MR) is 90.0 cm³/mol. The van der Waals surface area contributed by atoms with E-state index in [1.54, 1.807) is 12.5 Å². The smallest absolute Gasteiger partial charge is 0.0387 e. The van der Waals surface area contributed by atoms with Crippen LogP contribution in [0.3, 0.4) is 0 Å². The van der Waals surface area contributed by atoms with Gasteiger partial charge in [0.1, 0.15) is 0 Å². The summed E-state index contributed by atoms with van der Waals surface area (Å²) in [6, 6.07) is 0. The summed E-state index contributed by atoms with van der Waals surface area (Å²) < 4.78 is 11.9. The molecule has 0 heterocycles. The topological polar surface area (TPSA) is 43.1 Å². The van der Waals surface area contributed by atoms with Crippen molar-refractivity contribution in [3.63, 3.8) is 0 Å². The third-order valence-electron chi connectivity index (χ3n) is 2.94. The molecule has 1 unspecified atom stereocenters. The summed E-state index contributed by atoms with van der Waals surface area (Å²) in [5.41, 5.74) is 7.96. The zero-order chi connectivity index (χ0) is 15.1. The molecule has 0 aromatic rings. The molecule has 1 atom stereocenters. The van der Waals surface area contributed by atoms with Gasteiger partial charge in [-0.15, -0.1) is 9.93 Å². The molecule has 0 aromatic heterocycles. The van der Waals surface area contributed by atoms with Crippen molar-refractivity contribution in [2.45, 2.75) is 25.5 Å². The molecule has 108 valence electrons. The van der Waals surface area contributed by atoms with Gasteiger partial charge in [-0.25, -0.2) is 0 Å². The third-order valence-corrected chi connectivity index (χ3v) is 5.07. The first-order chi connectivity index (χ1) is 8.70. The molecule has 0 bridgehead atoms. The third kappa shape index (κ3) is 6.97. The van der Waals surface area contributed by atoms with Gasteiger partial charge in [-0.3, -0.25) is 4.21 Å². The fraction of sp³-hybridized carbons (Fsp3) is 0.375. The van der Waals surface area contributed by atoms with Crippen molar-refractivity contribution in [1.29, 1.82) is 0 Å². The van der Waals surface area contributed by atoms with Crippen molar-refractivity contribution >= 4 is 9.93 Å². The van der Waals surface area contributed by atoms with E-state index in [4.69, 9.17) is 5.73 Å². The second kappa shape index (κ2) is 7.95. The Morgan fingerprint density at radius 1 is 1.37 bits per heavy atom. The highest BCUT2D eigenvalue weighted by Gasteiger charge is 2.09. The quantitative estimate of drug-likeness (QED) is 0.556. The molecule has 0 spiro atoms. The average Bonchev–Trinajstić information content (AvgIpc) is 2.33. The molecule has 0 saturated carbocycles. The van der Waals surface area contributed by atoms with Crippen molar-refractivity contribution in [3.8, 4) is 0 Å². The zero-order valence-corrected chi connectivity index (χ0v) is 13.4. The van der Waals surface area contributed by atoms with Gasteiger partial charge in [0.2, 0.25) is 0 Å². The van der Waals surface area contributed by atoms with Crippen LogP contribution in [-0.2, 0) is 9.93 Å². The standard InChI is InChI=1S/C16H27NOS/c1-7-8-9-10-16(17)15(4)13(2)11-12-14(3)19(5,6)18/h8-12,14,19H,2,4,7,17H2,1,3,5-6H3/b9-8+,12-11-,16-10+.